The van der Waals surface area contributed by atoms with Crippen LogP contribution in [0.15, 0.2) is 65.5 Å². The van der Waals surface area contributed by atoms with Gasteiger partial charge in [-0.05, 0) is 44.5 Å². The Bertz CT molecular complexity index is 1290. The lowest BCUT2D eigenvalue weighted by atomic mass is 10.2. The van der Waals surface area contributed by atoms with E-state index in [1.54, 1.807) is 0 Å². The van der Waals surface area contributed by atoms with Crippen LogP contribution in [0.4, 0.5) is 5.69 Å². The Morgan fingerprint density at radius 1 is 1.09 bits per heavy atom. The van der Waals surface area contributed by atoms with E-state index >= 15 is 0 Å². The van der Waals surface area contributed by atoms with Crippen molar-refractivity contribution in [1.29, 1.82) is 0 Å². The summed E-state index contributed by atoms with van der Waals surface area (Å²) in [6, 6.07) is 19.1. The zero-order valence-corrected chi connectivity index (χ0v) is 18.8. The van der Waals surface area contributed by atoms with Crippen LogP contribution < -0.4 is 15.8 Å². The molecular weight excluding hydrogens is 402 g/mol. The molecular formula is C25H29N5O2. The van der Waals surface area contributed by atoms with Gasteiger partial charge < -0.3 is 10.2 Å². The molecule has 0 aliphatic rings. The molecule has 166 valence electrons. The first-order valence-electron chi connectivity index (χ1n) is 11.1. The van der Waals surface area contributed by atoms with E-state index in [-0.39, 0.29) is 11.5 Å². The first-order valence-corrected chi connectivity index (χ1v) is 11.1. The van der Waals surface area contributed by atoms with Crippen LogP contribution in [0, 0.1) is 6.92 Å². The predicted octanol–water partition coefficient (Wildman–Crippen LogP) is 3.55. The third kappa shape index (κ3) is 3.98. The van der Waals surface area contributed by atoms with Crippen LogP contribution >= 0.6 is 0 Å². The molecule has 2 aromatic heterocycles. The van der Waals surface area contributed by atoms with Crippen LogP contribution in [-0.4, -0.2) is 39.7 Å². The van der Waals surface area contributed by atoms with Crippen molar-refractivity contribution >= 4 is 28.1 Å². The van der Waals surface area contributed by atoms with E-state index in [4.69, 9.17) is 0 Å². The molecule has 1 atom stereocenters. The molecule has 0 spiro atoms. The van der Waals surface area contributed by atoms with Crippen LogP contribution in [0.25, 0.3) is 16.6 Å². The molecule has 0 radical (unpaired) electrons. The smallest absolute Gasteiger partial charge is 0.273 e. The summed E-state index contributed by atoms with van der Waals surface area (Å²) in [5, 5.41) is 3.98. The van der Waals surface area contributed by atoms with Gasteiger partial charge in [0.05, 0.1) is 5.52 Å². The second-order valence-corrected chi connectivity index (χ2v) is 7.86. The fourth-order valence-electron chi connectivity index (χ4n) is 4.32. The second kappa shape index (κ2) is 9.26. The number of nitrogens with zero attached hydrogens (tertiary/aromatic N) is 4. The number of rotatable bonds is 8. The number of hydrogen-bond donors (Lipinski definition) is 1. The van der Waals surface area contributed by atoms with Crippen molar-refractivity contribution in [2.75, 3.05) is 24.5 Å². The van der Waals surface area contributed by atoms with Crippen LogP contribution in [0.2, 0.25) is 0 Å². The van der Waals surface area contributed by atoms with Crippen molar-refractivity contribution in [3.05, 3.63) is 76.7 Å². The maximum atomic E-state index is 13.3. The van der Waals surface area contributed by atoms with E-state index in [9.17, 15) is 9.59 Å². The number of fused-ring (bicyclic) bond motifs is 3. The van der Waals surface area contributed by atoms with Gasteiger partial charge in [0.1, 0.15) is 6.04 Å². The maximum Gasteiger partial charge on any atom is 0.273 e. The number of aromatic nitrogens is 3. The standard InChI is InChI=1S/C25H29N5O2/c1-4-21(25(32)26-15-16-28(5-2)19-11-7-6-8-12-19)30-22-14-10-9-13-20(22)24-27-23(31)17-18(3)29(24)30/h6-14,17,21H,4-5,15-16H2,1-3H3,(H,26,32)/t21-/m0/s1. The SMILES string of the molecule is CC[C@@H](C(=O)NCCN(CC)c1ccccc1)n1c2ccccc2c2nc(=O)cc(C)n21. The van der Waals surface area contributed by atoms with Crippen molar-refractivity contribution in [2.24, 2.45) is 0 Å². The Morgan fingerprint density at radius 3 is 2.53 bits per heavy atom. The lowest BCUT2D eigenvalue weighted by Gasteiger charge is -2.24. The molecule has 1 N–H and O–H groups in total. The molecule has 0 aliphatic carbocycles. The van der Waals surface area contributed by atoms with Gasteiger partial charge in [-0.2, -0.15) is 4.98 Å². The molecule has 7 heteroatoms. The molecule has 2 heterocycles. The lowest BCUT2D eigenvalue weighted by Crippen LogP contribution is -2.39. The van der Waals surface area contributed by atoms with Gasteiger partial charge in [-0.25, -0.2) is 4.52 Å². The molecule has 0 aliphatic heterocycles. The van der Waals surface area contributed by atoms with Crippen molar-refractivity contribution in [2.45, 2.75) is 33.2 Å². The van der Waals surface area contributed by atoms with Gasteiger partial charge in [0.15, 0.2) is 5.65 Å². The third-order valence-electron chi connectivity index (χ3n) is 5.86. The molecule has 7 nitrogen and oxygen atoms in total. The predicted molar refractivity (Wildman–Crippen MR) is 128 cm³/mol. The van der Waals surface area contributed by atoms with Gasteiger partial charge in [-0.15, -0.1) is 0 Å². The first-order chi connectivity index (χ1) is 15.5. The number of para-hydroxylation sites is 2. The fourth-order valence-corrected chi connectivity index (χ4v) is 4.32. The minimum Gasteiger partial charge on any atom is -0.370 e. The summed E-state index contributed by atoms with van der Waals surface area (Å²) in [6.45, 7) is 8.11. The van der Waals surface area contributed by atoms with Crippen LogP contribution in [0.5, 0.6) is 0 Å². The Hall–Kier alpha value is -3.61. The molecule has 4 rings (SSSR count). The van der Waals surface area contributed by atoms with E-state index in [0.29, 0.717) is 18.6 Å². The first kappa shape index (κ1) is 21.6. The summed E-state index contributed by atoms with van der Waals surface area (Å²) in [5.74, 6) is -0.0441. The van der Waals surface area contributed by atoms with E-state index < -0.39 is 6.04 Å². The fraction of sp³-hybridized carbons (Fsp3) is 0.320. The van der Waals surface area contributed by atoms with Crippen LogP contribution in [0.3, 0.4) is 0 Å². The van der Waals surface area contributed by atoms with E-state index in [2.05, 4.69) is 34.3 Å². The van der Waals surface area contributed by atoms with Crippen molar-refractivity contribution in [3.63, 3.8) is 0 Å². The largest absolute Gasteiger partial charge is 0.370 e. The van der Waals surface area contributed by atoms with Crippen molar-refractivity contribution in [1.82, 2.24) is 19.5 Å². The van der Waals surface area contributed by atoms with Crippen molar-refractivity contribution in [3.8, 4) is 0 Å². The molecule has 2 aromatic carbocycles. The molecule has 0 unspecified atom stereocenters. The van der Waals surface area contributed by atoms with Gasteiger partial charge >= 0.3 is 0 Å². The zero-order chi connectivity index (χ0) is 22.7. The monoisotopic (exact) mass is 431 g/mol. The molecule has 4 aromatic rings. The number of carbonyl (C=O) groups excluding carboxylic acids is 1. The van der Waals surface area contributed by atoms with Gasteiger partial charge in [0, 0.05) is 42.5 Å². The Kier molecular flexibility index (Phi) is 6.25. The molecule has 0 saturated carbocycles. The Balaban J connectivity index is 1.62. The Labute approximate surface area is 187 Å². The number of hydrogen-bond acceptors (Lipinski definition) is 4. The summed E-state index contributed by atoms with van der Waals surface area (Å²) in [7, 11) is 0. The van der Waals surface area contributed by atoms with Crippen LogP contribution in [0.1, 0.15) is 32.0 Å². The summed E-state index contributed by atoms with van der Waals surface area (Å²) < 4.78 is 3.86. The normalized spacial score (nSPS) is 12.2. The van der Waals surface area contributed by atoms with Gasteiger partial charge in [-0.3, -0.25) is 14.3 Å². The number of benzene rings is 2. The highest BCUT2D eigenvalue weighted by molar-refractivity contribution is 5.94. The Morgan fingerprint density at radius 2 is 1.81 bits per heavy atom. The number of amides is 1. The minimum absolute atomic E-state index is 0.0441. The molecule has 0 bridgehead atoms. The molecule has 32 heavy (non-hydrogen) atoms. The summed E-state index contributed by atoms with van der Waals surface area (Å²) in [4.78, 5) is 31.8. The zero-order valence-electron chi connectivity index (χ0n) is 18.8. The highest BCUT2D eigenvalue weighted by atomic mass is 16.2. The number of anilines is 1. The number of aryl methyl sites for hydroxylation is 1. The number of carbonyl (C=O) groups is 1. The molecule has 0 fully saturated rings. The second-order valence-electron chi connectivity index (χ2n) is 7.86. The van der Waals surface area contributed by atoms with Gasteiger partial charge in [0.2, 0.25) is 5.91 Å². The van der Waals surface area contributed by atoms with Crippen molar-refractivity contribution < 1.29 is 4.79 Å². The summed E-state index contributed by atoms with van der Waals surface area (Å²) in [5.41, 5.74) is 3.09. The lowest BCUT2D eigenvalue weighted by molar-refractivity contribution is -0.124. The number of likely N-dealkylation sites (N-methyl/N-ethyl adjacent to an activating group) is 1. The minimum atomic E-state index is -0.424. The average Bonchev–Trinajstić information content (AvgIpc) is 3.12. The van der Waals surface area contributed by atoms with Gasteiger partial charge in [-0.1, -0.05) is 37.3 Å². The number of nitrogens with one attached hydrogen (secondary N) is 1. The maximum absolute atomic E-state index is 13.3. The summed E-state index contributed by atoms with van der Waals surface area (Å²) >= 11 is 0. The molecule has 0 saturated heterocycles. The summed E-state index contributed by atoms with van der Waals surface area (Å²) in [6.07, 6.45) is 0.612. The quantitative estimate of drug-likeness (QED) is 0.463. The highest BCUT2D eigenvalue weighted by Crippen LogP contribution is 2.26. The van der Waals surface area contributed by atoms with Gasteiger partial charge in [0.25, 0.3) is 5.56 Å². The molecule has 1 amide bonds. The topological polar surface area (TPSA) is 71.6 Å². The average molecular weight is 432 g/mol. The van der Waals surface area contributed by atoms with E-state index in [0.717, 1.165) is 35.4 Å². The van der Waals surface area contributed by atoms with E-state index in [1.165, 1.54) is 6.07 Å². The van der Waals surface area contributed by atoms with Crippen LogP contribution in [-0.2, 0) is 4.79 Å². The highest BCUT2D eigenvalue weighted by Gasteiger charge is 2.24. The van der Waals surface area contributed by atoms with E-state index in [1.807, 2.05) is 65.5 Å². The third-order valence-corrected chi connectivity index (χ3v) is 5.86.